The molecular weight excluding hydrogens is 148 g/mol. The lowest BCUT2D eigenvalue weighted by atomic mass is 9.80. The minimum Gasteiger partial charge on any atom is -0.381 e. The van der Waals surface area contributed by atoms with Crippen LogP contribution in [0.3, 0.4) is 0 Å². The third-order valence-corrected chi connectivity index (χ3v) is 2.41. The van der Waals surface area contributed by atoms with E-state index in [1.807, 2.05) is 0 Å². The number of ether oxygens (including phenoxy) is 1. The van der Waals surface area contributed by atoms with Gasteiger partial charge in [-0.3, -0.25) is 0 Å². The van der Waals surface area contributed by atoms with Gasteiger partial charge in [0.05, 0.1) is 6.61 Å². The van der Waals surface area contributed by atoms with E-state index in [-0.39, 0.29) is 0 Å². The standard InChI is InChI=1S/C11H24O/c1-6-11(5,8-10(3)4)9-12-7-2/h10H,6-9H2,1-5H3. The molecule has 0 saturated carbocycles. The van der Waals surface area contributed by atoms with Gasteiger partial charge in [0, 0.05) is 6.61 Å². The van der Waals surface area contributed by atoms with Crippen molar-refractivity contribution < 1.29 is 4.74 Å². The monoisotopic (exact) mass is 172 g/mol. The molecule has 0 rings (SSSR count). The summed E-state index contributed by atoms with van der Waals surface area (Å²) in [6.07, 6.45) is 2.48. The van der Waals surface area contributed by atoms with Gasteiger partial charge in [0.15, 0.2) is 0 Å². The summed E-state index contributed by atoms with van der Waals surface area (Å²) in [5.74, 6) is 0.774. The highest BCUT2D eigenvalue weighted by atomic mass is 16.5. The lowest BCUT2D eigenvalue weighted by Crippen LogP contribution is -2.24. The van der Waals surface area contributed by atoms with Crippen LogP contribution in [0.2, 0.25) is 0 Å². The molecular formula is C11H24O. The van der Waals surface area contributed by atoms with Gasteiger partial charge in [0.1, 0.15) is 0 Å². The highest BCUT2D eigenvalue weighted by Crippen LogP contribution is 2.29. The van der Waals surface area contributed by atoms with Gasteiger partial charge in [-0.05, 0) is 31.1 Å². The predicted octanol–water partition coefficient (Wildman–Crippen LogP) is 3.49. The van der Waals surface area contributed by atoms with Gasteiger partial charge < -0.3 is 4.74 Å². The summed E-state index contributed by atoms with van der Waals surface area (Å²) in [5, 5.41) is 0. The molecule has 0 aromatic heterocycles. The fourth-order valence-electron chi connectivity index (χ4n) is 1.64. The molecule has 0 radical (unpaired) electrons. The molecule has 74 valence electrons. The molecule has 0 aromatic rings. The maximum atomic E-state index is 5.49. The van der Waals surface area contributed by atoms with Crippen molar-refractivity contribution in [3.05, 3.63) is 0 Å². The van der Waals surface area contributed by atoms with Crippen LogP contribution in [-0.2, 0) is 4.74 Å². The molecule has 0 spiro atoms. The van der Waals surface area contributed by atoms with Gasteiger partial charge in [0.2, 0.25) is 0 Å². The van der Waals surface area contributed by atoms with Crippen LogP contribution in [0.15, 0.2) is 0 Å². The molecule has 12 heavy (non-hydrogen) atoms. The van der Waals surface area contributed by atoms with E-state index >= 15 is 0 Å². The molecule has 1 atom stereocenters. The van der Waals surface area contributed by atoms with Gasteiger partial charge in [-0.25, -0.2) is 0 Å². The van der Waals surface area contributed by atoms with E-state index in [9.17, 15) is 0 Å². The van der Waals surface area contributed by atoms with Crippen LogP contribution in [0.1, 0.15) is 47.5 Å². The summed E-state index contributed by atoms with van der Waals surface area (Å²) >= 11 is 0. The van der Waals surface area contributed by atoms with E-state index in [4.69, 9.17) is 4.74 Å². The van der Waals surface area contributed by atoms with Crippen LogP contribution in [0.25, 0.3) is 0 Å². The summed E-state index contributed by atoms with van der Waals surface area (Å²) in [7, 11) is 0. The summed E-state index contributed by atoms with van der Waals surface area (Å²) in [6, 6.07) is 0. The van der Waals surface area contributed by atoms with Gasteiger partial charge in [-0.1, -0.05) is 27.7 Å². The average Bonchev–Trinajstić information content (AvgIpc) is 2.00. The topological polar surface area (TPSA) is 9.23 Å². The Balaban J connectivity index is 3.86. The highest BCUT2D eigenvalue weighted by molar-refractivity contribution is 4.73. The smallest absolute Gasteiger partial charge is 0.0519 e. The fraction of sp³-hybridized carbons (Fsp3) is 1.00. The van der Waals surface area contributed by atoms with Crippen molar-refractivity contribution in [3.63, 3.8) is 0 Å². The molecule has 0 heterocycles. The number of hydrogen-bond donors (Lipinski definition) is 0. The van der Waals surface area contributed by atoms with Crippen LogP contribution in [0.5, 0.6) is 0 Å². The molecule has 1 nitrogen and oxygen atoms in total. The van der Waals surface area contributed by atoms with E-state index < -0.39 is 0 Å². The Morgan fingerprint density at radius 2 is 1.83 bits per heavy atom. The Labute approximate surface area is 77.5 Å². The maximum absolute atomic E-state index is 5.49. The molecule has 0 aliphatic heterocycles. The zero-order valence-electron chi connectivity index (χ0n) is 9.31. The molecule has 1 heteroatoms. The van der Waals surface area contributed by atoms with Crippen molar-refractivity contribution in [1.82, 2.24) is 0 Å². The first-order chi connectivity index (χ1) is 5.54. The Morgan fingerprint density at radius 3 is 2.17 bits per heavy atom. The second kappa shape index (κ2) is 5.58. The van der Waals surface area contributed by atoms with E-state index in [1.165, 1.54) is 12.8 Å². The van der Waals surface area contributed by atoms with E-state index in [1.54, 1.807) is 0 Å². The van der Waals surface area contributed by atoms with Crippen molar-refractivity contribution in [3.8, 4) is 0 Å². The Bertz CT molecular complexity index is 110. The first-order valence-electron chi connectivity index (χ1n) is 5.12. The first-order valence-corrected chi connectivity index (χ1v) is 5.12. The minimum absolute atomic E-state index is 0.393. The minimum atomic E-state index is 0.393. The van der Waals surface area contributed by atoms with Crippen LogP contribution in [-0.4, -0.2) is 13.2 Å². The lowest BCUT2D eigenvalue weighted by molar-refractivity contribution is 0.0456. The van der Waals surface area contributed by atoms with Crippen molar-refractivity contribution in [2.75, 3.05) is 13.2 Å². The van der Waals surface area contributed by atoms with Crippen LogP contribution >= 0.6 is 0 Å². The maximum Gasteiger partial charge on any atom is 0.0519 e. The Morgan fingerprint density at radius 1 is 1.25 bits per heavy atom. The Hall–Kier alpha value is -0.0400. The molecule has 0 fully saturated rings. The number of hydrogen-bond acceptors (Lipinski definition) is 1. The summed E-state index contributed by atoms with van der Waals surface area (Å²) < 4.78 is 5.49. The van der Waals surface area contributed by atoms with Crippen molar-refractivity contribution >= 4 is 0 Å². The average molecular weight is 172 g/mol. The lowest BCUT2D eigenvalue weighted by Gasteiger charge is -2.29. The van der Waals surface area contributed by atoms with Gasteiger partial charge >= 0.3 is 0 Å². The second-order valence-corrected chi connectivity index (χ2v) is 4.40. The van der Waals surface area contributed by atoms with Gasteiger partial charge in [0.25, 0.3) is 0 Å². The SMILES string of the molecule is CCOCC(C)(CC)CC(C)C. The molecule has 0 amide bonds. The van der Waals surface area contributed by atoms with Gasteiger partial charge in [-0.15, -0.1) is 0 Å². The molecule has 0 N–H and O–H groups in total. The fourth-order valence-corrected chi connectivity index (χ4v) is 1.64. The summed E-state index contributed by atoms with van der Waals surface area (Å²) in [6.45, 7) is 12.9. The molecule has 0 bridgehead atoms. The van der Waals surface area contributed by atoms with Crippen molar-refractivity contribution in [2.45, 2.75) is 47.5 Å². The van der Waals surface area contributed by atoms with E-state index in [2.05, 4.69) is 34.6 Å². The Kier molecular flexibility index (Phi) is 5.56. The zero-order valence-corrected chi connectivity index (χ0v) is 9.31. The van der Waals surface area contributed by atoms with Crippen molar-refractivity contribution in [2.24, 2.45) is 11.3 Å². The van der Waals surface area contributed by atoms with Crippen molar-refractivity contribution in [1.29, 1.82) is 0 Å². The van der Waals surface area contributed by atoms with E-state index in [0.29, 0.717) is 5.41 Å². The predicted molar refractivity (Wildman–Crippen MR) is 54.3 cm³/mol. The van der Waals surface area contributed by atoms with E-state index in [0.717, 1.165) is 19.1 Å². The van der Waals surface area contributed by atoms with Crippen LogP contribution in [0.4, 0.5) is 0 Å². The summed E-state index contributed by atoms with van der Waals surface area (Å²) in [5.41, 5.74) is 0.393. The third kappa shape index (κ3) is 4.76. The molecule has 0 aromatic carbocycles. The normalized spacial score (nSPS) is 16.5. The van der Waals surface area contributed by atoms with Crippen LogP contribution in [0, 0.1) is 11.3 Å². The second-order valence-electron chi connectivity index (χ2n) is 4.40. The molecule has 0 saturated heterocycles. The molecule has 0 aliphatic carbocycles. The summed E-state index contributed by atoms with van der Waals surface area (Å²) in [4.78, 5) is 0. The third-order valence-electron chi connectivity index (χ3n) is 2.41. The first kappa shape index (κ1) is 12.0. The van der Waals surface area contributed by atoms with Crippen LogP contribution < -0.4 is 0 Å². The number of rotatable bonds is 6. The quantitative estimate of drug-likeness (QED) is 0.596. The van der Waals surface area contributed by atoms with Gasteiger partial charge in [-0.2, -0.15) is 0 Å². The zero-order chi connectivity index (χ0) is 9.61. The highest BCUT2D eigenvalue weighted by Gasteiger charge is 2.23. The molecule has 0 aliphatic rings. The largest absolute Gasteiger partial charge is 0.381 e. The molecule has 1 unspecified atom stereocenters.